The third kappa shape index (κ3) is 4.17. The Morgan fingerprint density at radius 1 is 0.957 bits per heavy atom. The molecule has 0 amide bonds. The third-order valence-electron chi connectivity index (χ3n) is 3.26. The summed E-state index contributed by atoms with van der Waals surface area (Å²) >= 11 is 0. The zero-order chi connectivity index (χ0) is 15.9. The van der Waals surface area contributed by atoms with Gasteiger partial charge in [-0.1, -0.05) is 24.3 Å². The maximum atomic E-state index is 5.87. The molecule has 0 spiro atoms. The number of anilines is 1. The molecule has 114 valence electrons. The molecule has 23 heavy (non-hydrogen) atoms. The maximum Gasteiger partial charge on any atom is 0.146 e. The second-order valence-corrected chi connectivity index (χ2v) is 5.02. The van der Waals surface area contributed by atoms with Crippen LogP contribution in [0.3, 0.4) is 0 Å². The van der Waals surface area contributed by atoms with Crippen molar-refractivity contribution in [1.82, 2.24) is 4.98 Å². The first-order valence-electron chi connectivity index (χ1n) is 7.35. The molecule has 0 saturated heterocycles. The summed E-state index contributed by atoms with van der Waals surface area (Å²) in [5.74, 6) is 2.38. The topological polar surface area (TPSA) is 46.5 Å². The van der Waals surface area contributed by atoms with Crippen LogP contribution in [0.4, 0.5) is 5.82 Å². The molecule has 4 nitrogen and oxygen atoms in total. The normalized spacial score (nSPS) is 10.7. The Kier molecular flexibility index (Phi) is 4.64. The molecule has 0 aliphatic rings. The van der Waals surface area contributed by atoms with E-state index in [0.29, 0.717) is 5.82 Å². The number of rotatable bonds is 5. The van der Waals surface area contributed by atoms with Gasteiger partial charge >= 0.3 is 0 Å². The number of hydrogen-bond donors (Lipinski definition) is 1. The van der Waals surface area contributed by atoms with Crippen molar-refractivity contribution in [3.63, 3.8) is 0 Å². The lowest BCUT2D eigenvalue weighted by Gasteiger charge is -2.08. The Balaban J connectivity index is 1.62. The van der Waals surface area contributed by atoms with Gasteiger partial charge in [-0.15, -0.1) is 0 Å². The third-order valence-corrected chi connectivity index (χ3v) is 3.26. The quantitative estimate of drug-likeness (QED) is 0.552. The Bertz CT molecular complexity index is 783. The van der Waals surface area contributed by atoms with Gasteiger partial charge in [-0.25, -0.2) is 4.98 Å². The first-order chi connectivity index (χ1) is 11.3. The minimum Gasteiger partial charge on any atom is -0.457 e. The number of benzene rings is 2. The summed E-state index contributed by atoms with van der Waals surface area (Å²) in [6.45, 7) is 2.03. The number of nitrogens with zero attached hydrogens (tertiary/aromatic N) is 2. The Morgan fingerprint density at radius 3 is 2.48 bits per heavy atom. The molecule has 2 aromatic carbocycles. The highest BCUT2D eigenvalue weighted by molar-refractivity contribution is 5.80. The van der Waals surface area contributed by atoms with E-state index in [0.717, 1.165) is 22.6 Å². The van der Waals surface area contributed by atoms with Crippen molar-refractivity contribution < 1.29 is 4.74 Å². The van der Waals surface area contributed by atoms with Crippen LogP contribution < -0.4 is 10.2 Å². The van der Waals surface area contributed by atoms with Crippen LogP contribution in [0.5, 0.6) is 11.5 Å². The molecule has 0 atom stereocenters. The molecule has 0 saturated carbocycles. The van der Waals surface area contributed by atoms with E-state index >= 15 is 0 Å². The summed E-state index contributed by atoms with van der Waals surface area (Å²) in [5, 5.41) is 4.16. The molecule has 0 radical (unpaired) electrons. The molecule has 1 aromatic heterocycles. The lowest BCUT2D eigenvalue weighted by molar-refractivity contribution is 0.479. The molecule has 1 heterocycles. The molecule has 0 aliphatic heterocycles. The van der Waals surface area contributed by atoms with E-state index in [1.165, 1.54) is 0 Å². The average molecular weight is 303 g/mol. The summed E-state index contributed by atoms with van der Waals surface area (Å²) < 4.78 is 5.87. The number of hydrazone groups is 1. The van der Waals surface area contributed by atoms with Crippen LogP contribution >= 0.6 is 0 Å². The molecule has 3 aromatic rings. The van der Waals surface area contributed by atoms with Crippen molar-refractivity contribution in [3.05, 3.63) is 84.1 Å². The summed E-state index contributed by atoms with van der Waals surface area (Å²) in [4.78, 5) is 4.13. The lowest BCUT2D eigenvalue weighted by Crippen LogP contribution is -1.92. The van der Waals surface area contributed by atoms with Gasteiger partial charge < -0.3 is 4.74 Å². The zero-order valence-corrected chi connectivity index (χ0v) is 12.8. The average Bonchev–Trinajstić information content (AvgIpc) is 2.59. The van der Waals surface area contributed by atoms with E-state index in [4.69, 9.17) is 4.74 Å². The van der Waals surface area contributed by atoms with Crippen molar-refractivity contribution in [1.29, 1.82) is 0 Å². The van der Waals surface area contributed by atoms with Gasteiger partial charge in [-0.3, -0.25) is 5.43 Å². The predicted octanol–water partition coefficient (Wildman–Crippen LogP) is 4.63. The van der Waals surface area contributed by atoms with Crippen molar-refractivity contribution in [2.24, 2.45) is 5.10 Å². The molecular weight excluding hydrogens is 286 g/mol. The molecule has 0 unspecified atom stereocenters. The van der Waals surface area contributed by atoms with E-state index in [9.17, 15) is 0 Å². The van der Waals surface area contributed by atoms with E-state index in [-0.39, 0.29) is 0 Å². The predicted molar refractivity (Wildman–Crippen MR) is 93.1 cm³/mol. The Morgan fingerprint density at radius 2 is 1.74 bits per heavy atom. The number of hydrogen-bond acceptors (Lipinski definition) is 4. The Labute approximate surface area is 135 Å². The van der Waals surface area contributed by atoms with Gasteiger partial charge in [0.05, 0.1) is 6.21 Å². The highest BCUT2D eigenvalue weighted by Gasteiger charge is 2.00. The maximum absolute atomic E-state index is 5.87. The summed E-state index contributed by atoms with van der Waals surface area (Å²) in [7, 11) is 0. The fraction of sp³-hybridized carbons (Fsp3) is 0.0526. The number of aromatic nitrogens is 1. The SMILES string of the molecule is Cc1ccccc1Oc1ccc(C=NNc2ccccn2)cc1. The minimum absolute atomic E-state index is 0.711. The largest absolute Gasteiger partial charge is 0.457 e. The van der Waals surface area contributed by atoms with Crippen molar-refractivity contribution in [2.45, 2.75) is 6.92 Å². The molecule has 4 heteroatoms. The van der Waals surface area contributed by atoms with Crippen LogP contribution in [0.2, 0.25) is 0 Å². The fourth-order valence-corrected chi connectivity index (χ4v) is 2.02. The smallest absolute Gasteiger partial charge is 0.146 e. The monoisotopic (exact) mass is 303 g/mol. The molecule has 0 aliphatic carbocycles. The van der Waals surface area contributed by atoms with E-state index < -0.39 is 0 Å². The van der Waals surface area contributed by atoms with Gasteiger partial charge in [-0.2, -0.15) is 5.10 Å². The molecule has 0 bridgehead atoms. The highest BCUT2D eigenvalue weighted by Crippen LogP contribution is 2.24. The number of pyridine rings is 1. The summed E-state index contributed by atoms with van der Waals surface area (Å²) in [6, 6.07) is 21.3. The van der Waals surface area contributed by atoms with Crippen molar-refractivity contribution in [2.75, 3.05) is 5.43 Å². The lowest BCUT2D eigenvalue weighted by atomic mass is 10.2. The van der Waals surface area contributed by atoms with Gasteiger partial charge in [0.2, 0.25) is 0 Å². The van der Waals surface area contributed by atoms with Gasteiger partial charge in [0.25, 0.3) is 0 Å². The van der Waals surface area contributed by atoms with Crippen LogP contribution in [0, 0.1) is 6.92 Å². The molecular formula is C19H17N3O. The van der Waals surface area contributed by atoms with Crippen LogP contribution in [-0.4, -0.2) is 11.2 Å². The van der Waals surface area contributed by atoms with Gasteiger partial charge in [0.1, 0.15) is 17.3 Å². The standard InChI is InChI=1S/C19H17N3O/c1-15-6-2-3-7-18(15)23-17-11-9-16(10-12-17)14-21-22-19-8-4-5-13-20-19/h2-14H,1H3,(H,20,22). The first-order valence-corrected chi connectivity index (χ1v) is 7.35. The van der Waals surface area contributed by atoms with E-state index in [1.807, 2.05) is 73.7 Å². The van der Waals surface area contributed by atoms with Gasteiger partial charge in [0.15, 0.2) is 0 Å². The first kappa shape index (κ1) is 14.8. The zero-order valence-electron chi connectivity index (χ0n) is 12.8. The number of para-hydroxylation sites is 1. The second kappa shape index (κ2) is 7.22. The van der Waals surface area contributed by atoms with Crippen LogP contribution in [-0.2, 0) is 0 Å². The van der Waals surface area contributed by atoms with Crippen LogP contribution in [0.1, 0.15) is 11.1 Å². The van der Waals surface area contributed by atoms with Gasteiger partial charge in [0, 0.05) is 6.20 Å². The molecule has 0 fully saturated rings. The minimum atomic E-state index is 0.711. The van der Waals surface area contributed by atoms with Crippen molar-refractivity contribution in [3.8, 4) is 11.5 Å². The Hall–Kier alpha value is -3.14. The van der Waals surface area contributed by atoms with E-state index in [2.05, 4.69) is 15.5 Å². The van der Waals surface area contributed by atoms with E-state index in [1.54, 1.807) is 12.4 Å². The molecule has 3 rings (SSSR count). The number of ether oxygens (including phenoxy) is 1. The van der Waals surface area contributed by atoms with Gasteiger partial charge in [-0.05, 0) is 60.5 Å². The summed E-state index contributed by atoms with van der Waals surface area (Å²) in [6.07, 6.45) is 3.46. The molecule has 1 N–H and O–H groups in total. The fourth-order valence-electron chi connectivity index (χ4n) is 2.02. The number of aryl methyl sites for hydroxylation is 1. The second-order valence-electron chi connectivity index (χ2n) is 5.02. The van der Waals surface area contributed by atoms with Crippen LogP contribution in [0.15, 0.2) is 78.0 Å². The summed E-state index contributed by atoms with van der Waals surface area (Å²) in [5.41, 5.74) is 4.97. The van der Waals surface area contributed by atoms with Crippen LogP contribution in [0.25, 0.3) is 0 Å². The van der Waals surface area contributed by atoms with Crippen molar-refractivity contribution >= 4 is 12.0 Å². The number of nitrogens with one attached hydrogen (secondary N) is 1. The highest BCUT2D eigenvalue weighted by atomic mass is 16.5.